The van der Waals surface area contributed by atoms with Crippen LogP contribution in [0.25, 0.3) is 0 Å². The van der Waals surface area contributed by atoms with Gasteiger partial charge in [0.15, 0.2) is 0 Å². The highest BCUT2D eigenvalue weighted by Gasteiger charge is 2.12. The van der Waals surface area contributed by atoms with Crippen LogP contribution in [-0.2, 0) is 0 Å². The van der Waals surface area contributed by atoms with E-state index in [1.807, 2.05) is 0 Å². The molecule has 0 aliphatic heterocycles. The lowest BCUT2D eigenvalue weighted by molar-refractivity contribution is 0.432. The Morgan fingerprint density at radius 3 is 2.17 bits per heavy atom. The first-order valence-corrected chi connectivity index (χ1v) is 6.96. The molecule has 0 aliphatic carbocycles. The smallest absolute Gasteiger partial charge is 0.0145 e. The van der Waals surface area contributed by atoms with E-state index in [2.05, 4.69) is 45.7 Å². The molecule has 2 heteroatoms. The van der Waals surface area contributed by atoms with E-state index in [0.29, 0.717) is 4.83 Å². The zero-order valence-corrected chi connectivity index (χ0v) is 11.3. The van der Waals surface area contributed by atoms with Crippen LogP contribution in [0.15, 0.2) is 0 Å². The SMILES string of the molecule is CCCCC(CCCBr)C(C)Br. The van der Waals surface area contributed by atoms with Crippen molar-refractivity contribution in [2.24, 2.45) is 5.92 Å². The van der Waals surface area contributed by atoms with Crippen LogP contribution >= 0.6 is 31.9 Å². The van der Waals surface area contributed by atoms with Gasteiger partial charge in [0, 0.05) is 10.2 Å². The van der Waals surface area contributed by atoms with E-state index in [4.69, 9.17) is 0 Å². The van der Waals surface area contributed by atoms with Gasteiger partial charge in [0.25, 0.3) is 0 Å². The Hall–Kier alpha value is 0.960. The molecule has 0 amide bonds. The highest BCUT2D eigenvalue weighted by Crippen LogP contribution is 2.24. The third kappa shape index (κ3) is 6.47. The van der Waals surface area contributed by atoms with Crippen molar-refractivity contribution in [1.82, 2.24) is 0 Å². The van der Waals surface area contributed by atoms with Crippen molar-refractivity contribution >= 4 is 31.9 Å². The summed E-state index contributed by atoms with van der Waals surface area (Å²) in [6.45, 7) is 4.54. The van der Waals surface area contributed by atoms with Gasteiger partial charge in [-0.15, -0.1) is 0 Å². The van der Waals surface area contributed by atoms with Gasteiger partial charge >= 0.3 is 0 Å². The van der Waals surface area contributed by atoms with Gasteiger partial charge in [-0.05, 0) is 25.2 Å². The topological polar surface area (TPSA) is 0 Å². The Bertz CT molecular complexity index is 83.8. The molecule has 0 aliphatic rings. The van der Waals surface area contributed by atoms with Gasteiger partial charge in [-0.25, -0.2) is 0 Å². The molecule has 12 heavy (non-hydrogen) atoms. The summed E-state index contributed by atoms with van der Waals surface area (Å²) >= 11 is 7.17. The van der Waals surface area contributed by atoms with Crippen molar-refractivity contribution in [2.75, 3.05) is 5.33 Å². The summed E-state index contributed by atoms with van der Waals surface area (Å²) in [4.78, 5) is 0.683. The van der Waals surface area contributed by atoms with Crippen molar-refractivity contribution in [3.63, 3.8) is 0 Å². The second kappa shape index (κ2) is 8.55. The van der Waals surface area contributed by atoms with Crippen LogP contribution in [0.5, 0.6) is 0 Å². The van der Waals surface area contributed by atoms with Crippen molar-refractivity contribution in [1.29, 1.82) is 0 Å². The first-order valence-electron chi connectivity index (χ1n) is 4.92. The van der Waals surface area contributed by atoms with Crippen LogP contribution in [0.2, 0.25) is 0 Å². The summed E-state index contributed by atoms with van der Waals surface area (Å²) in [5.74, 6) is 0.877. The van der Waals surface area contributed by atoms with Gasteiger partial charge in [0.2, 0.25) is 0 Å². The van der Waals surface area contributed by atoms with Crippen LogP contribution in [0, 0.1) is 5.92 Å². The lowest BCUT2D eigenvalue weighted by atomic mass is 9.95. The molecule has 0 saturated heterocycles. The van der Waals surface area contributed by atoms with Crippen molar-refractivity contribution in [3.8, 4) is 0 Å². The molecule has 0 N–H and O–H groups in total. The number of rotatable bonds is 7. The normalized spacial score (nSPS) is 16.0. The molecular weight excluding hydrogens is 280 g/mol. The van der Waals surface area contributed by atoms with Gasteiger partial charge in [0.1, 0.15) is 0 Å². The van der Waals surface area contributed by atoms with Crippen LogP contribution in [0.4, 0.5) is 0 Å². The summed E-state index contributed by atoms with van der Waals surface area (Å²) in [6.07, 6.45) is 6.76. The van der Waals surface area contributed by atoms with E-state index in [0.717, 1.165) is 11.2 Å². The van der Waals surface area contributed by atoms with Crippen LogP contribution < -0.4 is 0 Å². The van der Waals surface area contributed by atoms with Crippen molar-refractivity contribution in [3.05, 3.63) is 0 Å². The molecule has 0 aromatic carbocycles. The molecular formula is C10H20Br2. The van der Waals surface area contributed by atoms with Crippen LogP contribution in [-0.4, -0.2) is 10.2 Å². The fourth-order valence-corrected chi connectivity index (χ4v) is 2.26. The maximum absolute atomic E-state index is 3.69. The number of unbranched alkanes of at least 4 members (excludes halogenated alkanes) is 1. The number of hydrogen-bond donors (Lipinski definition) is 0. The molecule has 0 saturated carbocycles. The quantitative estimate of drug-likeness (QED) is 0.595. The molecule has 0 rings (SSSR count). The second-order valence-corrected chi connectivity index (χ2v) is 5.65. The molecule has 2 atom stereocenters. The molecule has 0 nitrogen and oxygen atoms in total. The van der Waals surface area contributed by atoms with E-state index < -0.39 is 0 Å². The van der Waals surface area contributed by atoms with E-state index >= 15 is 0 Å². The number of alkyl halides is 2. The van der Waals surface area contributed by atoms with Crippen molar-refractivity contribution in [2.45, 2.75) is 50.8 Å². The summed E-state index contributed by atoms with van der Waals surface area (Å²) in [7, 11) is 0. The fourth-order valence-electron chi connectivity index (χ4n) is 1.41. The Morgan fingerprint density at radius 2 is 1.75 bits per heavy atom. The summed E-state index contributed by atoms with van der Waals surface area (Å²) in [5.41, 5.74) is 0. The average Bonchev–Trinajstić information content (AvgIpc) is 2.04. The Balaban J connectivity index is 3.55. The van der Waals surface area contributed by atoms with E-state index in [1.165, 1.54) is 32.1 Å². The fraction of sp³-hybridized carbons (Fsp3) is 1.00. The summed E-state index contributed by atoms with van der Waals surface area (Å²) in [5, 5.41) is 1.15. The lowest BCUT2D eigenvalue weighted by Gasteiger charge is -2.18. The van der Waals surface area contributed by atoms with Gasteiger partial charge in [-0.1, -0.05) is 58.5 Å². The molecule has 0 aromatic heterocycles. The van der Waals surface area contributed by atoms with E-state index in [-0.39, 0.29) is 0 Å². The zero-order valence-electron chi connectivity index (χ0n) is 8.15. The number of hydrogen-bond acceptors (Lipinski definition) is 0. The zero-order chi connectivity index (χ0) is 9.40. The maximum Gasteiger partial charge on any atom is 0.0145 e. The second-order valence-electron chi connectivity index (χ2n) is 3.41. The number of halogens is 2. The third-order valence-corrected chi connectivity index (χ3v) is 3.59. The van der Waals surface area contributed by atoms with Gasteiger partial charge in [-0.3, -0.25) is 0 Å². The highest BCUT2D eigenvalue weighted by molar-refractivity contribution is 9.09. The molecule has 0 spiro atoms. The van der Waals surface area contributed by atoms with Gasteiger partial charge in [0.05, 0.1) is 0 Å². The monoisotopic (exact) mass is 298 g/mol. The molecule has 0 fully saturated rings. The predicted octanol–water partition coefficient (Wildman–Crippen LogP) is 4.75. The first kappa shape index (κ1) is 13.0. The minimum absolute atomic E-state index is 0.683. The Kier molecular flexibility index (Phi) is 9.24. The third-order valence-electron chi connectivity index (χ3n) is 2.29. The largest absolute Gasteiger partial charge is 0.0928 e. The molecule has 0 bridgehead atoms. The van der Waals surface area contributed by atoms with Crippen molar-refractivity contribution < 1.29 is 0 Å². The lowest BCUT2D eigenvalue weighted by Crippen LogP contribution is -2.11. The predicted molar refractivity (Wildman–Crippen MR) is 64.4 cm³/mol. The minimum atomic E-state index is 0.683. The summed E-state index contributed by atoms with van der Waals surface area (Å²) in [6, 6.07) is 0. The first-order chi connectivity index (χ1) is 5.72. The molecule has 2 unspecified atom stereocenters. The standard InChI is InChI=1S/C10H20Br2/c1-3-4-6-10(9(2)12)7-5-8-11/h9-10H,3-8H2,1-2H3. The van der Waals surface area contributed by atoms with Gasteiger partial charge in [-0.2, -0.15) is 0 Å². The molecule has 74 valence electrons. The highest BCUT2D eigenvalue weighted by atomic mass is 79.9. The van der Waals surface area contributed by atoms with E-state index in [1.54, 1.807) is 0 Å². The molecule has 0 heterocycles. The molecule has 0 radical (unpaired) electrons. The minimum Gasteiger partial charge on any atom is -0.0928 e. The van der Waals surface area contributed by atoms with E-state index in [9.17, 15) is 0 Å². The van der Waals surface area contributed by atoms with Crippen LogP contribution in [0.1, 0.15) is 46.0 Å². The molecule has 0 aromatic rings. The van der Waals surface area contributed by atoms with Crippen LogP contribution in [0.3, 0.4) is 0 Å². The van der Waals surface area contributed by atoms with Gasteiger partial charge < -0.3 is 0 Å². The Morgan fingerprint density at radius 1 is 1.17 bits per heavy atom. The Labute approximate surface area is 93.8 Å². The summed E-state index contributed by atoms with van der Waals surface area (Å²) < 4.78 is 0. The maximum atomic E-state index is 3.69. The average molecular weight is 300 g/mol.